The van der Waals surface area contributed by atoms with E-state index in [2.05, 4.69) is 36.0 Å². The molecule has 0 bridgehead atoms. The second-order valence-electron chi connectivity index (χ2n) is 13.8. The molecule has 1 saturated heterocycles. The molecular formula is C37H30ClF3N12O6. The minimum Gasteiger partial charge on any atom is -0.326 e. The number of amides is 4. The van der Waals surface area contributed by atoms with Crippen molar-refractivity contribution in [1.29, 1.82) is 0 Å². The van der Waals surface area contributed by atoms with Gasteiger partial charge in [0.15, 0.2) is 11.6 Å². The molecule has 5 heterocycles. The molecular weight excluding hydrogens is 801 g/mol. The van der Waals surface area contributed by atoms with Crippen molar-refractivity contribution < 1.29 is 32.3 Å². The van der Waals surface area contributed by atoms with Gasteiger partial charge in [-0.1, -0.05) is 22.9 Å². The quantitative estimate of drug-likeness (QED) is 0.136. The number of rotatable bonds is 10. The van der Waals surface area contributed by atoms with Gasteiger partial charge in [-0.05, 0) is 36.8 Å². The van der Waals surface area contributed by atoms with E-state index in [0.29, 0.717) is 39.8 Å². The fourth-order valence-corrected chi connectivity index (χ4v) is 7.15. The number of fused-ring (bicyclic) bond motifs is 2. The molecule has 1 atom stereocenters. The lowest BCUT2D eigenvalue weighted by molar-refractivity contribution is -0.137. The Kier molecular flexibility index (Phi) is 10.0. The molecule has 3 aromatic carbocycles. The number of hydrogen-bond donors (Lipinski definition) is 3. The molecule has 0 spiro atoms. The summed E-state index contributed by atoms with van der Waals surface area (Å²) in [6.07, 6.45) is 3.26. The first-order valence-corrected chi connectivity index (χ1v) is 18.3. The van der Waals surface area contributed by atoms with Crippen molar-refractivity contribution in [3.8, 4) is 0 Å². The molecule has 8 rings (SSSR count). The molecule has 1 fully saturated rings. The van der Waals surface area contributed by atoms with Crippen LogP contribution in [0.4, 0.5) is 24.5 Å². The Hall–Kier alpha value is -7.16. The van der Waals surface area contributed by atoms with Crippen LogP contribution in [0.15, 0.2) is 69.4 Å². The lowest BCUT2D eigenvalue weighted by Crippen LogP contribution is -2.52. The van der Waals surface area contributed by atoms with Crippen LogP contribution in [-0.2, 0) is 47.6 Å². The average Bonchev–Trinajstić information content (AvgIpc) is 3.89. The molecule has 302 valence electrons. The van der Waals surface area contributed by atoms with Gasteiger partial charge in [0.2, 0.25) is 23.3 Å². The van der Waals surface area contributed by atoms with E-state index in [-0.39, 0.29) is 54.4 Å². The number of benzene rings is 3. The standard InChI is InChI=1S/C37H30ClF3N12O6/c1-49-13-19-10-29(23(38)11-28(19)47-49)43-35-45-36(58)53(37(59)52(35)14-18-9-25(40)26(41)12-24(18)39)16-20-15-50(48-46-20)8-7-32(55)42-27-4-2-3-21-22(27)17-51(34(21)57)30-5-6-31(54)44-33(30)56/h2-4,9-13,15,30H,5-8,14,16-17H2,1H3,(H,42,55)(H,43,45,58)(H,44,54,56). The van der Waals surface area contributed by atoms with Crippen molar-refractivity contribution in [3.63, 3.8) is 0 Å². The summed E-state index contributed by atoms with van der Waals surface area (Å²) in [5, 5.41) is 18.1. The number of hydrogen-bond acceptors (Lipinski definition) is 10. The van der Waals surface area contributed by atoms with Gasteiger partial charge < -0.3 is 10.2 Å². The number of carbonyl (C=O) groups is 4. The van der Waals surface area contributed by atoms with Crippen LogP contribution < -0.4 is 27.6 Å². The first kappa shape index (κ1) is 38.7. The number of nitrogens with zero attached hydrogens (tertiary/aromatic N) is 9. The first-order chi connectivity index (χ1) is 28.2. The second-order valence-corrected chi connectivity index (χ2v) is 14.3. The van der Waals surface area contributed by atoms with Gasteiger partial charge in [0.1, 0.15) is 17.6 Å². The van der Waals surface area contributed by atoms with Crippen LogP contribution in [0.2, 0.25) is 5.02 Å². The highest BCUT2D eigenvalue weighted by Gasteiger charge is 2.40. The molecule has 18 nitrogen and oxygen atoms in total. The predicted octanol–water partition coefficient (Wildman–Crippen LogP) is 2.01. The highest BCUT2D eigenvalue weighted by molar-refractivity contribution is 6.33. The highest BCUT2D eigenvalue weighted by Crippen LogP contribution is 2.33. The molecule has 1 unspecified atom stereocenters. The van der Waals surface area contributed by atoms with Crippen molar-refractivity contribution in [3.05, 3.63) is 126 Å². The number of aromatic amines is 1. The van der Waals surface area contributed by atoms with Crippen molar-refractivity contribution >= 4 is 57.5 Å². The number of anilines is 1. The Morgan fingerprint density at radius 1 is 1.00 bits per heavy atom. The zero-order valence-electron chi connectivity index (χ0n) is 30.7. The van der Waals surface area contributed by atoms with E-state index in [1.807, 2.05) is 0 Å². The van der Waals surface area contributed by atoms with Crippen LogP contribution in [0.5, 0.6) is 0 Å². The summed E-state index contributed by atoms with van der Waals surface area (Å²) in [5.41, 5.74) is -0.764. The zero-order valence-corrected chi connectivity index (χ0v) is 31.5. The van der Waals surface area contributed by atoms with Crippen molar-refractivity contribution in [2.45, 2.75) is 51.5 Å². The summed E-state index contributed by atoms with van der Waals surface area (Å²) in [6, 6.07) is 8.00. The van der Waals surface area contributed by atoms with E-state index in [9.17, 15) is 41.9 Å². The smallest absolute Gasteiger partial charge is 0.326 e. The van der Waals surface area contributed by atoms with Gasteiger partial charge in [0.25, 0.3) is 5.91 Å². The minimum absolute atomic E-state index is 0.00963. The van der Waals surface area contributed by atoms with E-state index >= 15 is 0 Å². The number of imide groups is 1. The van der Waals surface area contributed by atoms with Crippen molar-refractivity contribution in [2.24, 2.45) is 12.0 Å². The van der Waals surface area contributed by atoms with Crippen molar-refractivity contribution in [1.82, 2.24) is 49.1 Å². The Bertz CT molecular complexity index is 2950. The van der Waals surface area contributed by atoms with Gasteiger partial charge in [0.05, 0.1) is 42.1 Å². The van der Waals surface area contributed by atoms with Crippen LogP contribution in [-0.4, -0.2) is 73.5 Å². The lowest BCUT2D eigenvalue weighted by Gasteiger charge is -2.29. The van der Waals surface area contributed by atoms with Crippen LogP contribution >= 0.6 is 11.6 Å². The zero-order chi connectivity index (χ0) is 41.7. The maximum absolute atomic E-state index is 14.9. The third kappa shape index (κ3) is 7.66. The third-order valence-corrected chi connectivity index (χ3v) is 10.1. The van der Waals surface area contributed by atoms with E-state index in [1.54, 1.807) is 42.2 Å². The minimum atomic E-state index is -1.43. The number of aryl methyl sites for hydroxylation is 2. The maximum Gasteiger partial charge on any atom is 0.335 e. The van der Waals surface area contributed by atoms with Crippen LogP contribution in [0.25, 0.3) is 10.9 Å². The molecule has 4 amide bonds. The number of nitrogens with one attached hydrogen (secondary N) is 3. The van der Waals surface area contributed by atoms with E-state index in [0.717, 1.165) is 9.13 Å². The Labute approximate surface area is 333 Å². The summed E-state index contributed by atoms with van der Waals surface area (Å²) >= 11 is 6.46. The molecule has 59 heavy (non-hydrogen) atoms. The predicted molar refractivity (Wildman–Crippen MR) is 201 cm³/mol. The molecule has 0 aliphatic carbocycles. The lowest BCUT2D eigenvalue weighted by atomic mass is 10.0. The van der Waals surface area contributed by atoms with Crippen LogP contribution in [0.3, 0.4) is 0 Å². The van der Waals surface area contributed by atoms with Gasteiger partial charge in [-0.25, -0.2) is 32.3 Å². The van der Waals surface area contributed by atoms with E-state index < -0.39 is 77.2 Å². The number of H-pyrrole nitrogens is 1. The number of halogens is 4. The summed E-state index contributed by atoms with van der Waals surface area (Å²) in [6.45, 7) is -1.06. The molecule has 2 aliphatic heterocycles. The fourth-order valence-electron chi connectivity index (χ4n) is 6.95. The van der Waals surface area contributed by atoms with Gasteiger partial charge in [-0.15, -0.1) is 5.10 Å². The fraction of sp³-hybridized carbons (Fsp3) is 0.243. The normalized spacial score (nSPS) is 15.6. The number of aromatic nitrogens is 8. The summed E-state index contributed by atoms with van der Waals surface area (Å²) in [7, 11) is 1.70. The van der Waals surface area contributed by atoms with E-state index in [4.69, 9.17) is 11.6 Å². The second kappa shape index (κ2) is 15.3. The van der Waals surface area contributed by atoms with Crippen LogP contribution in [0.1, 0.15) is 46.4 Å². The number of carbonyl (C=O) groups excluding carboxylic acids is 4. The highest BCUT2D eigenvalue weighted by atomic mass is 35.5. The summed E-state index contributed by atoms with van der Waals surface area (Å²) < 4.78 is 47.3. The molecule has 2 aliphatic rings. The Morgan fingerprint density at radius 2 is 1.80 bits per heavy atom. The van der Waals surface area contributed by atoms with Gasteiger partial charge in [0, 0.05) is 66.5 Å². The molecule has 3 aromatic heterocycles. The molecule has 0 saturated carbocycles. The molecule has 22 heteroatoms. The monoisotopic (exact) mass is 830 g/mol. The number of piperidine rings is 1. The molecule has 3 N–H and O–H groups in total. The first-order valence-electron chi connectivity index (χ1n) is 17.9. The van der Waals surface area contributed by atoms with E-state index in [1.165, 1.54) is 21.8 Å². The van der Waals surface area contributed by atoms with Crippen molar-refractivity contribution in [2.75, 3.05) is 5.32 Å². The van der Waals surface area contributed by atoms with Gasteiger partial charge >= 0.3 is 11.4 Å². The maximum atomic E-state index is 14.9. The van der Waals surface area contributed by atoms with Gasteiger partial charge in [-0.2, -0.15) is 5.10 Å². The third-order valence-electron chi connectivity index (χ3n) is 9.84. The molecule has 0 radical (unpaired) electrons. The van der Waals surface area contributed by atoms with Gasteiger partial charge in [-0.3, -0.25) is 43.4 Å². The Morgan fingerprint density at radius 3 is 2.59 bits per heavy atom. The average molecular weight is 831 g/mol. The SMILES string of the molecule is Cn1cc2cc(/N=c3\[nH]c(=O)n(Cc4cn(CCC(=O)Nc5cccc6c5CN(C5CCC(=O)NC5=O)C6=O)nn4)c(=O)n3Cc3cc(F)c(F)cc3F)c(Cl)cc2n1. The Balaban J connectivity index is 1.01. The summed E-state index contributed by atoms with van der Waals surface area (Å²) in [4.78, 5) is 85.9. The topological polar surface area (TPSA) is 216 Å². The molecule has 6 aromatic rings. The summed E-state index contributed by atoms with van der Waals surface area (Å²) in [5.74, 6) is -5.74. The largest absolute Gasteiger partial charge is 0.335 e. The van der Waals surface area contributed by atoms with Crippen LogP contribution in [0, 0.1) is 17.5 Å².